The van der Waals surface area contributed by atoms with Gasteiger partial charge in [-0.2, -0.15) is 5.10 Å². The van der Waals surface area contributed by atoms with Gasteiger partial charge in [0, 0.05) is 26.5 Å². The Labute approximate surface area is 147 Å². The van der Waals surface area contributed by atoms with Gasteiger partial charge in [0.2, 0.25) is 0 Å². The quantitative estimate of drug-likeness (QED) is 0.843. The van der Waals surface area contributed by atoms with Gasteiger partial charge >= 0.3 is 6.03 Å². The topological polar surface area (TPSA) is 77.4 Å². The zero-order valence-corrected chi connectivity index (χ0v) is 14.4. The van der Waals surface area contributed by atoms with Crippen LogP contribution < -0.4 is 10.6 Å². The molecule has 0 unspecified atom stereocenters. The van der Waals surface area contributed by atoms with Crippen LogP contribution in [0.15, 0.2) is 42.7 Å². The minimum absolute atomic E-state index is 0.239. The van der Waals surface area contributed by atoms with E-state index in [1.54, 1.807) is 24.2 Å². The first-order valence-corrected chi connectivity index (χ1v) is 8.46. The summed E-state index contributed by atoms with van der Waals surface area (Å²) in [5, 5.41) is 10.2. The second kappa shape index (κ2) is 8.13. The van der Waals surface area contributed by atoms with Crippen molar-refractivity contribution >= 4 is 11.7 Å². The summed E-state index contributed by atoms with van der Waals surface area (Å²) in [6, 6.07) is 9.82. The number of amides is 2. The molecular formula is C18H24N4O3. The molecule has 1 aromatic heterocycles. The summed E-state index contributed by atoms with van der Waals surface area (Å²) in [5.74, 6) is 0. The SMILES string of the molecule is COCCn1cc(NC(=O)NC2(c3ccccc3)CCOCC2)cn1. The first kappa shape index (κ1) is 17.4. The molecule has 1 fully saturated rings. The van der Waals surface area contributed by atoms with Crippen LogP contribution in [0.2, 0.25) is 0 Å². The van der Waals surface area contributed by atoms with Crippen LogP contribution in [0.1, 0.15) is 18.4 Å². The molecular weight excluding hydrogens is 320 g/mol. The predicted molar refractivity (Wildman–Crippen MR) is 94.4 cm³/mol. The van der Waals surface area contributed by atoms with Gasteiger partial charge in [-0.25, -0.2) is 4.79 Å². The summed E-state index contributed by atoms with van der Waals surface area (Å²) in [6.07, 6.45) is 4.92. The summed E-state index contributed by atoms with van der Waals surface area (Å²) in [4.78, 5) is 12.6. The number of urea groups is 1. The van der Waals surface area contributed by atoms with Crippen molar-refractivity contribution in [3.63, 3.8) is 0 Å². The van der Waals surface area contributed by atoms with E-state index in [0.717, 1.165) is 18.4 Å². The Balaban J connectivity index is 1.67. The summed E-state index contributed by atoms with van der Waals surface area (Å²) >= 11 is 0. The first-order chi connectivity index (χ1) is 12.2. The molecule has 1 aliphatic rings. The Morgan fingerprint density at radius 1 is 1.32 bits per heavy atom. The molecule has 0 bridgehead atoms. The number of rotatable bonds is 6. The number of nitrogens with zero attached hydrogens (tertiary/aromatic N) is 2. The molecule has 7 nitrogen and oxygen atoms in total. The summed E-state index contributed by atoms with van der Waals surface area (Å²) in [5.41, 5.74) is 1.35. The van der Waals surface area contributed by atoms with Crippen molar-refractivity contribution in [2.24, 2.45) is 0 Å². The maximum absolute atomic E-state index is 12.6. The van der Waals surface area contributed by atoms with Crippen LogP contribution in [-0.4, -0.2) is 42.7 Å². The number of hydrogen-bond donors (Lipinski definition) is 2. The fraction of sp³-hybridized carbons (Fsp3) is 0.444. The number of anilines is 1. The number of nitrogens with one attached hydrogen (secondary N) is 2. The molecule has 2 heterocycles. The standard InChI is InChI=1S/C18H24N4O3/c1-24-12-9-22-14-16(13-19-22)20-17(23)21-18(7-10-25-11-8-18)15-5-3-2-4-6-15/h2-6,13-14H,7-12H2,1H3,(H2,20,21,23). The number of benzene rings is 1. The third kappa shape index (κ3) is 4.37. The van der Waals surface area contributed by atoms with Crippen molar-refractivity contribution in [3.05, 3.63) is 48.3 Å². The normalized spacial score (nSPS) is 16.4. The van der Waals surface area contributed by atoms with Crippen LogP contribution in [0, 0.1) is 0 Å². The van der Waals surface area contributed by atoms with Gasteiger partial charge in [-0.3, -0.25) is 4.68 Å². The highest BCUT2D eigenvalue weighted by molar-refractivity contribution is 5.89. The molecule has 1 saturated heterocycles. The smallest absolute Gasteiger partial charge is 0.320 e. The molecule has 134 valence electrons. The number of hydrogen-bond acceptors (Lipinski definition) is 4. The average Bonchev–Trinajstić information content (AvgIpc) is 3.08. The second-order valence-corrected chi connectivity index (χ2v) is 6.12. The van der Waals surface area contributed by atoms with E-state index in [4.69, 9.17) is 9.47 Å². The zero-order chi connectivity index (χ0) is 17.5. The molecule has 1 aromatic carbocycles. The highest BCUT2D eigenvalue weighted by Gasteiger charge is 2.35. The van der Waals surface area contributed by atoms with Crippen LogP contribution in [-0.2, 0) is 21.6 Å². The highest BCUT2D eigenvalue weighted by atomic mass is 16.5. The van der Waals surface area contributed by atoms with E-state index in [1.165, 1.54) is 0 Å². The first-order valence-electron chi connectivity index (χ1n) is 8.46. The average molecular weight is 344 g/mol. The number of carbonyl (C=O) groups is 1. The highest BCUT2D eigenvalue weighted by Crippen LogP contribution is 2.32. The van der Waals surface area contributed by atoms with Crippen LogP contribution in [0.4, 0.5) is 10.5 Å². The minimum Gasteiger partial charge on any atom is -0.383 e. The van der Waals surface area contributed by atoms with Crippen molar-refractivity contribution < 1.29 is 14.3 Å². The summed E-state index contributed by atoms with van der Waals surface area (Å²) in [7, 11) is 1.65. The van der Waals surface area contributed by atoms with E-state index in [0.29, 0.717) is 32.1 Å². The fourth-order valence-corrected chi connectivity index (χ4v) is 3.08. The molecule has 2 N–H and O–H groups in total. The monoisotopic (exact) mass is 344 g/mol. The number of ether oxygens (including phenoxy) is 2. The molecule has 0 saturated carbocycles. The van der Waals surface area contributed by atoms with Crippen molar-refractivity contribution in [2.45, 2.75) is 24.9 Å². The number of carbonyl (C=O) groups excluding carboxylic acids is 1. The predicted octanol–water partition coefficient (Wildman–Crippen LogP) is 2.36. The second-order valence-electron chi connectivity index (χ2n) is 6.12. The Hall–Kier alpha value is -2.38. The van der Waals surface area contributed by atoms with Gasteiger partial charge in [-0.15, -0.1) is 0 Å². The maximum atomic E-state index is 12.6. The molecule has 2 amide bonds. The Kier molecular flexibility index (Phi) is 5.67. The third-order valence-electron chi connectivity index (χ3n) is 4.44. The molecule has 0 aliphatic carbocycles. The van der Waals surface area contributed by atoms with Crippen LogP contribution in [0.25, 0.3) is 0 Å². The molecule has 0 atom stereocenters. The number of aromatic nitrogens is 2. The minimum atomic E-state index is -0.407. The van der Waals surface area contributed by atoms with Gasteiger partial charge in [0.05, 0.1) is 30.6 Å². The lowest BCUT2D eigenvalue weighted by Gasteiger charge is -2.38. The van der Waals surface area contributed by atoms with Gasteiger partial charge in [0.1, 0.15) is 0 Å². The van der Waals surface area contributed by atoms with Gasteiger partial charge in [0.15, 0.2) is 0 Å². The summed E-state index contributed by atoms with van der Waals surface area (Å²) in [6.45, 7) is 2.48. The van der Waals surface area contributed by atoms with Crippen LogP contribution in [0.5, 0.6) is 0 Å². The van der Waals surface area contributed by atoms with Crippen molar-refractivity contribution in [2.75, 3.05) is 32.2 Å². The van der Waals surface area contributed by atoms with Crippen molar-refractivity contribution in [1.29, 1.82) is 0 Å². The third-order valence-corrected chi connectivity index (χ3v) is 4.44. The van der Waals surface area contributed by atoms with E-state index < -0.39 is 5.54 Å². The largest absolute Gasteiger partial charge is 0.383 e. The molecule has 25 heavy (non-hydrogen) atoms. The number of methoxy groups -OCH3 is 1. The van der Waals surface area contributed by atoms with Crippen molar-refractivity contribution in [1.82, 2.24) is 15.1 Å². The van der Waals surface area contributed by atoms with Crippen molar-refractivity contribution in [3.8, 4) is 0 Å². The van der Waals surface area contributed by atoms with E-state index in [-0.39, 0.29) is 6.03 Å². The van der Waals surface area contributed by atoms with Gasteiger partial charge < -0.3 is 20.1 Å². The van der Waals surface area contributed by atoms with E-state index >= 15 is 0 Å². The van der Waals surface area contributed by atoms with E-state index in [2.05, 4.69) is 15.7 Å². The van der Waals surface area contributed by atoms with Gasteiger partial charge in [0.25, 0.3) is 0 Å². The van der Waals surface area contributed by atoms with Gasteiger partial charge in [-0.1, -0.05) is 30.3 Å². The van der Waals surface area contributed by atoms with Crippen LogP contribution >= 0.6 is 0 Å². The molecule has 0 spiro atoms. The zero-order valence-electron chi connectivity index (χ0n) is 14.4. The van der Waals surface area contributed by atoms with E-state index in [9.17, 15) is 4.79 Å². The van der Waals surface area contributed by atoms with Crippen LogP contribution in [0.3, 0.4) is 0 Å². The molecule has 2 aromatic rings. The molecule has 1 aliphatic heterocycles. The fourth-order valence-electron chi connectivity index (χ4n) is 3.08. The van der Waals surface area contributed by atoms with Gasteiger partial charge in [-0.05, 0) is 18.4 Å². The Morgan fingerprint density at radius 3 is 2.80 bits per heavy atom. The summed E-state index contributed by atoms with van der Waals surface area (Å²) < 4.78 is 12.3. The maximum Gasteiger partial charge on any atom is 0.320 e. The Morgan fingerprint density at radius 2 is 2.08 bits per heavy atom. The Bertz CT molecular complexity index is 681. The lowest BCUT2D eigenvalue weighted by atomic mass is 9.83. The molecule has 3 rings (SSSR count). The lowest BCUT2D eigenvalue weighted by Crippen LogP contribution is -2.50. The van der Waals surface area contributed by atoms with E-state index in [1.807, 2.05) is 30.3 Å². The molecule has 0 radical (unpaired) electrons. The molecule has 7 heteroatoms. The lowest BCUT2D eigenvalue weighted by molar-refractivity contribution is 0.0418.